The third-order valence-electron chi connectivity index (χ3n) is 2.70. The van der Waals surface area contributed by atoms with Gasteiger partial charge < -0.3 is 10.6 Å². The Bertz CT molecular complexity index is 676. The summed E-state index contributed by atoms with van der Waals surface area (Å²) >= 11 is 5.76. The summed E-state index contributed by atoms with van der Waals surface area (Å²) in [6, 6.07) is 4.62. The van der Waals surface area contributed by atoms with E-state index in [-0.39, 0.29) is 28.4 Å². The molecule has 0 fully saturated rings. The molecule has 0 bridgehead atoms. The average molecular weight is 362 g/mol. The van der Waals surface area contributed by atoms with E-state index in [1.807, 2.05) is 0 Å². The first-order valence-corrected chi connectivity index (χ1v) is 8.83. The van der Waals surface area contributed by atoms with Gasteiger partial charge in [-0.25, -0.2) is 8.42 Å². The van der Waals surface area contributed by atoms with Gasteiger partial charge in [0, 0.05) is 11.1 Å². The maximum absolute atomic E-state index is 12.2. The molecule has 2 amide bonds. The number of benzene rings is 1. The SMILES string of the molecule is CC(C)NC(=O)CNC(=O)[C@H](C)NS(=O)(=O)c1cccc(Cl)c1. The first kappa shape index (κ1) is 19.4. The summed E-state index contributed by atoms with van der Waals surface area (Å²) in [5.74, 6) is -0.951. The number of carbonyl (C=O) groups excluding carboxylic acids is 2. The zero-order valence-electron chi connectivity index (χ0n) is 13.1. The lowest BCUT2D eigenvalue weighted by Crippen LogP contribution is -2.48. The van der Waals surface area contributed by atoms with Gasteiger partial charge in [0.2, 0.25) is 21.8 Å². The number of amides is 2. The van der Waals surface area contributed by atoms with E-state index in [4.69, 9.17) is 11.6 Å². The predicted octanol–water partition coefficient (Wildman–Crippen LogP) is 0.648. The molecular weight excluding hydrogens is 342 g/mol. The van der Waals surface area contributed by atoms with Gasteiger partial charge >= 0.3 is 0 Å². The second-order valence-electron chi connectivity index (χ2n) is 5.24. The number of nitrogens with one attached hydrogen (secondary N) is 3. The van der Waals surface area contributed by atoms with Gasteiger partial charge in [-0.05, 0) is 39.0 Å². The Morgan fingerprint density at radius 1 is 1.22 bits per heavy atom. The van der Waals surface area contributed by atoms with Crippen molar-refractivity contribution in [1.29, 1.82) is 0 Å². The predicted molar refractivity (Wildman–Crippen MR) is 87.5 cm³/mol. The summed E-state index contributed by atoms with van der Waals surface area (Å²) in [4.78, 5) is 23.3. The van der Waals surface area contributed by atoms with Gasteiger partial charge in [0.05, 0.1) is 17.5 Å². The van der Waals surface area contributed by atoms with E-state index in [9.17, 15) is 18.0 Å². The van der Waals surface area contributed by atoms with E-state index >= 15 is 0 Å². The van der Waals surface area contributed by atoms with Crippen LogP contribution in [0.1, 0.15) is 20.8 Å². The number of hydrogen-bond acceptors (Lipinski definition) is 4. The Hall–Kier alpha value is -1.64. The number of rotatable bonds is 7. The Kier molecular flexibility index (Phi) is 6.99. The van der Waals surface area contributed by atoms with Crippen molar-refractivity contribution < 1.29 is 18.0 Å². The van der Waals surface area contributed by atoms with Crippen LogP contribution in [0.3, 0.4) is 0 Å². The normalized spacial score (nSPS) is 12.7. The van der Waals surface area contributed by atoms with Crippen molar-refractivity contribution in [1.82, 2.24) is 15.4 Å². The lowest BCUT2D eigenvalue weighted by Gasteiger charge is -2.15. The Labute approximate surface area is 140 Å². The first-order chi connectivity index (χ1) is 10.6. The van der Waals surface area contributed by atoms with Gasteiger partial charge in [-0.2, -0.15) is 4.72 Å². The third kappa shape index (κ3) is 6.55. The highest BCUT2D eigenvalue weighted by molar-refractivity contribution is 7.89. The zero-order chi connectivity index (χ0) is 17.6. The van der Waals surface area contributed by atoms with Gasteiger partial charge in [0.25, 0.3) is 0 Å². The first-order valence-electron chi connectivity index (χ1n) is 6.97. The summed E-state index contributed by atoms with van der Waals surface area (Å²) in [6.45, 7) is 4.75. The van der Waals surface area contributed by atoms with Crippen molar-refractivity contribution in [3.05, 3.63) is 29.3 Å². The molecule has 0 unspecified atom stereocenters. The Morgan fingerprint density at radius 2 is 1.87 bits per heavy atom. The molecule has 7 nitrogen and oxygen atoms in total. The molecule has 0 aliphatic rings. The van der Waals surface area contributed by atoms with Crippen molar-refractivity contribution in [3.63, 3.8) is 0 Å². The molecule has 0 spiro atoms. The quantitative estimate of drug-likeness (QED) is 0.663. The van der Waals surface area contributed by atoms with Crippen molar-refractivity contribution in [2.24, 2.45) is 0 Å². The fourth-order valence-corrected chi connectivity index (χ4v) is 3.19. The molecule has 0 aliphatic carbocycles. The van der Waals surface area contributed by atoms with Crippen LogP contribution in [0.15, 0.2) is 29.2 Å². The summed E-state index contributed by atoms with van der Waals surface area (Å²) in [6.07, 6.45) is 0. The van der Waals surface area contributed by atoms with Crippen LogP contribution in [0.4, 0.5) is 0 Å². The van der Waals surface area contributed by atoms with Crippen LogP contribution in [-0.2, 0) is 19.6 Å². The Morgan fingerprint density at radius 3 is 2.43 bits per heavy atom. The van der Waals surface area contributed by atoms with Gasteiger partial charge in [0.1, 0.15) is 0 Å². The molecule has 0 saturated heterocycles. The fraction of sp³-hybridized carbons (Fsp3) is 0.429. The van der Waals surface area contributed by atoms with Gasteiger partial charge in [0.15, 0.2) is 0 Å². The van der Waals surface area contributed by atoms with Crippen molar-refractivity contribution in [2.75, 3.05) is 6.54 Å². The highest BCUT2D eigenvalue weighted by Gasteiger charge is 2.22. The molecule has 23 heavy (non-hydrogen) atoms. The number of sulfonamides is 1. The minimum Gasteiger partial charge on any atom is -0.352 e. The molecule has 1 aromatic rings. The molecule has 0 aliphatic heterocycles. The van der Waals surface area contributed by atoms with Crippen LogP contribution in [0.5, 0.6) is 0 Å². The van der Waals surface area contributed by atoms with Crippen LogP contribution in [0.25, 0.3) is 0 Å². The van der Waals surface area contributed by atoms with Crippen LogP contribution in [-0.4, -0.2) is 38.9 Å². The smallest absolute Gasteiger partial charge is 0.241 e. The number of hydrogen-bond donors (Lipinski definition) is 3. The summed E-state index contributed by atoms with van der Waals surface area (Å²) in [5.41, 5.74) is 0. The number of carbonyl (C=O) groups is 2. The third-order valence-corrected chi connectivity index (χ3v) is 4.48. The van der Waals surface area contributed by atoms with Crippen LogP contribution in [0, 0.1) is 0 Å². The molecule has 3 N–H and O–H groups in total. The minimum atomic E-state index is -3.88. The molecule has 1 atom stereocenters. The zero-order valence-corrected chi connectivity index (χ0v) is 14.7. The maximum Gasteiger partial charge on any atom is 0.241 e. The molecular formula is C14H20ClN3O4S. The lowest BCUT2D eigenvalue weighted by atomic mass is 10.3. The molecule has 9 heteroatoms. The van der Waals surface area contributed by atoms with Crippen molar-refractivity contribution in [2.45, 2.75) is 37.8 Å². The summed E-state index contributed by atoms with van der Waals surface area (Å²) < 4.78 is 26.5. The van der Waals surface area contributed by atoms with Crippen LogP contribution < -0.4 is 15.4 Å². The molecule has 1 rings (SSSR count). The standard InChI is InChI=1S/C14H20ClN3O4S/c1-9(2)17-13(19)8-16-14(20)10(3)18-23(21,22)12-6-4-5-11(15)7-12/h4-7,9-10,18H,8H2,1-3H3,(H,16,20)(H,17,19)/t10-/m0/s1. The molecule has 0 radical (unpaired) electrons. The highest BCUT2D eigenvalue weighted by Crippen LogP contribution is 2.15. The largest absolute Gasteiger partial charge is 0.352 e. The highest BCUT2D eigenvalue weighted by atomic mass is 35.5. The van der Waals surface area contributed by atoms with Crippen molar-refractivity contribution in [3.8, 4) is 0 Å². The van der Waals surface area contributed by atoms with Gasteiger partial charge in [-0.1, -0.05) is 17.7 Å². The molecule has 0 aromatic heterocycles. The summed E-state index contributed by atoms with van der Waals surface area (Å²) in [5, 5.41) is 5.25. The van der Waals surface area contributed by atoms with E-state index in [0.717, 1.165) is 0 Å². The maximum atomic E-state index is 12.2. The van der Waals surface area contributed by atoms with Crippen LogP contribution in [0.2, 0.25) is 5.02 Å². The minimum absolute atomic E-state index is 0.0396. The average Bonchev–Trinajstić information content (AvgIpc) is 2.43. The fourth-order valence-electron chi connectivity index (χ4n) is 1.68. The second-order valence-corrected chi connectivity index (χ2v) is 7.39. The molecule has 128 valence electrons. The molecule has 0 saturated carbocycles. The van der Waals surface area contributed by atoms with Crippen LogP contribution >= 0.6 is 11.6 Å². The van der Waals surface area contributed by atoms with E-state index in [1.165, 1.54) is 25.1 Å². The Balaban J connectivity index is 2.62. The van der Waals surface area contributed by atoms with Crippen molar-refractivity contribution >= 4 is 33.4 Å². The molecule has 1 aromatic carbocycles. The lowest BCUT2D eigenvalue weighted by molar-refractivity contribution is -0.127. The topological polar surface area (TPSA) is 104 Å². The van der Waals surface area contributed by atoms with E-state index in [1.54, 1.807) is 19.9 Å². The van der Waals surface area contributed by atoms with E-state index < -0.39 is 22.0 Å². The van der Waals surface area contributed by atoms with E-state index in [0.29, 0.717) is 0 Å². The second kappa shape index (κ2) is 8.28. The number of halogens is 1. The monoisotopic (exact) mass is 361 g/mol. The summed E-state index contributed by atoms with van der Waals surface area (Å²) in [7, 11) is -3.88. The molecule has 0 heterocycles. The van der Waals surface area contributed by atoms with Gasteiger partial charge in [-0.3, -0.25) is 9.59 Å². The van der Waals surface area contributed by atoms with E-state index in [2.05, 4.69) is 15.4 Å². The van der Waals surface area contributed by atoms with Gasteiger partial charge in [-0.15, -0.1) is 0 Å².